The number of urea groups is 1. The lowest BCUT2D eigenvalue weighted by Gasteiger charge is -2.05. The Morgan fingerprint density at radius 3 is 2.83 bits per heavy atom. The van der Waals surface area contributed by atoms with Gasteiger partial charge < -0.3 is 11.1 Å². The Kier molecular flexibility index (Phi) is 2.55. The van der Waals surface area contributed by atoms with Gasteiger partial charge in [0.1, 0.15) is 0 Å². The first-order chi connectivity index (χ1) is 5.59. The Morgan fingerprint density at radius 1 is 1.58 bits per heavy atom. The highest BCUT2D eigenvalue weighted by molar-refractivity contribution is 6.31. The van der Waals surface area contributed by atoms with Crippen LogP contribution in [0.15, 0.2) is 18.2 Å². The van der Waals surface area contributed by atoms with Crippen LogP contribution in [0.1, 0.15) is 5.56 Å². The van der Waals surface area contributed by atoms with Crippen molar-refractivity contribution in [2.45, 2.75) is 6.92 Å². The molecule has 2 amide bonds. The standard InChI is InChI=1S/C8H9ClN2O/c1-5-2-3-6(9)4-7(5)11-8(10)12/h2-4H,1H3,(H3,10,11,12). The minimum absolute atomic E-state index is 0.573. The molecule has 0 saturated heterocycles. The Bertz CT molecular complexity index is 312. The highest BCUT2D eigenvalue weighted by Crippen LogP contribution is 2.19. The van der Waals surface area contributed by atoms with Gasteiger partial charge in [-0.1, -0.05) is 17.7 Å². The number of nitrogens with two attached hydrogens (primary N) is 1. The van der Waals surface area contributed by atoms with Crippen molar-refractivity contribution in [2.24, 2.45) is 5.73 Å². The molecule has 1 rings (SSSR count). The van der Waals surface area contributed by atoms with E-state index < -0.39 is 6.03 Å². The maximum Gasteiger partial charge on any atom is 0.316 e. The molecule has 0 aromatic heterocycles. The fraction of sp³-hybridized carbons (Fsp3) is 0.125. The molecule has 0 unspecified atom stereocenters. The normalized spacial score (nSPS) is 9.50. The van der Waals surface area contributed by atoms with Crippen molar-refractivity contribution in [3.8, 4) is 0 Å². The number of hydrogen-bond acceptors (Lipinski definition) is 1. The largest absolute Gasteiger partial charge is 0.351 e. The van der Waals surface area contributed by atoms with E-state index in [4.69, 9.17) is 17.3 Å². The van der Waals surface area contributed by atoms with Crippen molar-refractivity contribution in [2.75, 3.05) is 5.32 Å². The number of nitrogens with one attached hydrogen (secondary N) is 1. The predicted molar refractivity (Wildman–Crippen MR) is 49.4 cm³/mol. The fourth-order valence-corrected chi connectivity index (χ4v) is 1.03. The van der Waals surface area contributed by atoms with Crippen molar-refractivity contribution < 1.29 is 4.79 Å². The molecule has 1 aromatic rings. The summed E-state index contributed by atoms with van der Waals surface area (Å²) >= 11 is 5.71. The Balaban J connectivity index is 2.97. The van der Waals surface area contributed by atoms with Crippen molar-refractivity contribution in [3.63, 3.8) is 0 Å². The average Bonchev–Trinajstić information content (AvgIpc) is 1.96. The summed E-state index contributed by atoms with van der Waals surface area (Å²) in [6, 6.07) is 4.64. The van der Waals surface area contributed by atoms with Gasteiger partial charge in [-0.2, -0.15) is 0 Å². The minimum atomic E-state index is -0.583. The Labute approximate surface area is 75.5 Å². The van der Waals surface area contributed by atoms with E-state index in [9.17, 15) is 4.79 Å². The molecular formula is C8H9ClN2O. The highest BCUT2D eigenvalue weighted by Gasteiger charge is 2.00. The maximum absolute atomic E-state index is 10.5. The lowest BCUT2D eigenvalue weighted by atomic mass is 10.2. The summed E-state index contributed by atoms with van der Waals surface area (Å²) in [5.74, 6) is 0. The van der Waals surface area contributed by atoms with E-state index in [2.05, 4.69) is 5.32 Å². The monoisotopic (exact) mass is 184 g/mol. The average molecular weight is 185 g/mol. The molecule has 0 aliphatic rings. The number of anilines is 1. The van der Waals surface area contributed by atoms with Gasteiger partial charge in [0.25, 0.3) is 0 Å². The van der Waals surface area contributed by atoms with E-state index in [-0.39, 0.29) is 0 Å². The second-order valence-electron chi connectivity index (χ2n) is 2.45. The second-order valence-corrected chi connectivity index (χ2v) is 2.88. The van der Waals surface area contributed by atoms with Crippen LogP contribution in [-0.4, -0.2) is 6.03 Å². The maximum atomic E-state index is 10.5. The van der Waals surface area contributed by atoms with Crippen LogP contribution in [0.25, 0.3) is 0 Å². The molecule has 1 aromatic carbocycles. The molecule has 0 radical (unpaired) electrons. The minimum Gasteiger partial charge on any atom is -0.351 e. The van der Waals surface area contributed by atoms with Crippen LogP contribution >= 0.6 is 11.6 Å². The molecule has 0 atom stereocenters. The van der Waals surface area contributed by atoms with Gasteiger partial charge in [-0.15, -0.1) is 0 Å². The Morgan fingerprint density at radius 2 is 2.25 bits per heavy atom. The quantitative estimate of drug-likeness (QED) is 0.690. The number of aryl methyl sites for hydroxylation is 1. The van der Waals surface area contributed by atoms with Gasteiger partial charge in [-0.05, 0) is 24.6 Å². The molecular weight excluding hydrogens is 176 g/mol. The highest BCUT2D eigenvalue weighted by atomic mass is 35.5. The van der Waals surface area contributed by atoms with Crippen LogP contribution < -0.4 is 11.1 Å². The molecule has 12 heavy (non-hydrogen) atoms. The van der Waals surface area contributed by atoms with E-state index >= 15 is 0 Å². The number of benzene rings is 1. The van der Waals surface area contributed by atoms with E-state index in [0.29, 0.717) is 10.7 Å². The number of carbonyl (C=O) groups is 1. The van der Waals surface area contributed by atoms with Crippen LogP contribution in [0.4, 0.5) is 10.5 Å². The van der Waals surface area contributed by atoms with Gasteiger partial charge in [0, 0.05) is 10.7 Å². The van der Waals surface area contributed by atoms with Crippen molar-refractivity contribution in [3.05, 3.63) is 28.8 Å². The Hall–Kier alpha value is -1.22. The molecule has 0 bridgehead atoms. The number of halogens is 1. The van der Waals surface area contributed by atoms with Gasteiger partial charge in [0.15, 0.2) is 0 Å². The van der Waals surface area contributed by atoms with Crippen LogP contribution in [0, 0.1) is 6.92 Å². The smallest absolute Gasteiger partial charge is 0.316 e. The summed E-state index contributed by atoms with van der Waals surface area (Å²) in [7, 11) is 0. The second kappa shape index (κ2) is 3.45. The van der Waals surface area contributed by atoms with Crippen LogP contribution in [0.2, 0.25) is 5.02 Å². The van der Waals surface area contributed by atoms with E-state index in [1.807, 2.05) is 13.0 Å². The summed E-state index contributed by atoms with van der Waals surface area (Å²) < 4.78 is 0. The zero-order valence-electron chi connectivity index (χ0n) is 6.60. The lowest BCUT2D eigenvalue weighted by Crippen LogP contribution is -2.19. The summed E-state index contributed by atoms with van der Waals surface area (Å²) in [5.41, 5.74) is 6.53. The van der Waals surface area contributed by atoms with Crippen LogP contribution in [0.5, 0.6) is 0 Å². The molecule has 4 heteroatoms. The van der Waals surface area contributed by atoms with Gasteiger partial charge in [-0.3, -0.25) is 0 Å². The van der Waals surface area contributed by atoms with Crippen molar-refractivity contribution in [1.29, 1.82) is 0 Å². The molecule has 0 heterocycles. The summed E-state index contributed by atoms with van der Waals surface area (Å²) in [4.78, 5) is 10.5. The summed E-state index contributed by atoms with van der Waals surface area (Å²) in [6.07, 6.45) is 0. The van der Waals surface area contributed by atoms with Gasteiger partial charge in [0.2, 0.25) is 0 Å². The number of primary amides is 1. The molecule has 3 nitrogen and oxygen atoms in total. The van der Waals surface area contributed by atoms with E-state index in [1.54, 1.807) is 12.1 Å². The summed E-state index contributed by atoms with van der Waals surface area (Å²) in [5, 5.41) is 3.04. The number of amides is 2. The molecule has 64 valence electrons. The molecule has 0 aliphatic heterocycles. The molecule has 0 saturated carbocycles. The third kappa shape index (κ3) is 2.13. The van der Waals surface area contributed by atoms with Gasteiger partial charge in [-0.25, -0.2) is 4.79 Å². The SMILES string of the molecule is Cc1ccc(Cl)cc1NC(N)=O. The van der Waals surface area contributed by atoms with E-state index in [1.165, 1.54) is 0 Å². The molecule has 0 spiro atoms. The third-order valence-electron chi connectivity index (χ3n) is 1.46. The van der Waals surface area contributed by atoms with Crippen molar-refractivity contribution in [1.82, 2.24) is 0 Å². The molecule has 0 fully saturated rings. The third-order valence-corrected chi connectivity index (χ3v) is 1.69. The predicted octanol–water partition coefficient (Wildman–Crippen LogP) is 2.14. The number of rotatable bonds is 1. The zero-order chi connectivity index (χ0) is 9.14. The van der Waals surface area contributed by atoms with E-state index in [0.717, 1.165) is 5.56 Å². The number of hydrogen-bond donors (Lipinski definition) is 2. The zero-order valence-corrected chi connectivity index (χ0v) is 7.35. The van der Waals surface area contributed by atoms with Crippen LogP contribution in [0.3, 0.4) is 0 Å². The summed E-state index contributed by atoms with van der Waals surface area (Å²) in [6.45, 7) is 1.86. The van der Waals surface area contributed by atoms with Crippen molar-refractivity contribution >= 4 is 23.3 Å². The first kappa shape index (κ1) is 8.87. The number of carbonyl (C=O) groups excluding carboxylic acids is 1. The topological polar surface area (TPSA) is 55.1 Å². The van der Waals surface area contributed by atoms with Gasteiger partial charge >= 0.3 is 6.03 Å². The fourth-order valence-electron chi connectivity index (χ4n) is 0.862. The first-order valence-corrected chi connectivity index (χ1v) is 3.80. The lowest BCUT2D eigenvalue weighted by molar-refractivity contribution is 0.259. The van der Waals surface area contributed by atoms with Gasteiger partial charge in [0.05, 0.1) is 0 Å². The molecule has 0 aliphatic carbocycles. The molecule has 3 N–H and O–H groups in total. The first-order valence-electron chi connectivity index (χ1n) is 3.42. The van der Waals surface area contributed by atoms with Crippen LogP contribution in [-0.2, 0) is 0 Å².